The van der Waals surface area contributed by atoms with Crippen LogP contribution in [-0.2, 0) is 5.31 Å². The average molecular weight is 297 g/mol. The first-order valence-electron chi connectivity index (χ1n) is 7.98. The standard InChI is InChI=1S/C21H20BN/c1-16(2)17-11-13-19(14-12-17)21(22,18-8-4-3-5-9-18)20-10-6-7-15-23-20/h3-16H,1-2H3. The van der Waals surface area contributed by atoms with Gasteiger partial charge in [0.2, 0.25) is 0 Å². The third kappa shape index (κ3) is 2.94. The van der Waals surface area contributed by atoms with Crippen LogP contribution in [0.2, 0.25) is 0 Å². The molecule has 1 atom stereocenters. The lowest BCUT2D eigenvalue weighted by molar-refractivity contribution is 0.823. The van der Waals surface area contributed by atoms with Crippen LogP contribution in [0.4, 0.5) is 0 Å². The zero-order valence-electron chi connectivity index (χ0n) is 13.6. The van der Waals surface area contributed by atoms with E-state index in [1.165, 1.54) is 5.56 Å². The molecule has 2 aromatic carbocycles. The molecule has 112 valence electrons. The van der Waals surface area contributed by atoms with Gasteiger partial charge in [0.05, 0.1) is 7.85 Å². The molecule has 23 heavy (non-hydrogen) atoms. The van der Waals surface area contributed by atoms with Gasteiger partial charge >= 0.3 is 0 Å². The highest BCUT2D eigenvalue weighted by Gasteiger charge is 2.31. The summed E-state index contributed by atoms with van der Waals surface area (Å²) < 4.78 is 0. The van der Waals surface area contributed by atoms with Crippen LogP contribution in [0.5, 0.6) is 0 Å². The van der Waals surface area contributed by atoms with Crippen LogP contribution < -0.4 is 0 Å². The molecular weight excluding hydrogens is 277 g/mol. The molecule has 2 radical (unpaired) electrons. The van der Waals surface area contributed by atoms with Gasteiger partial charge in [-0.15, -0.1) is 0 Å². The summed E-state index contributed by atoms with van der Waals surface area (Å²) in [6.45, 7) is 4.39. The van der Waals surface area contributed by atoms with Gasteiger partial charge in [-0.05, 0) is 34.7 Å². The maximum absolute atomic E-state index is 6.93. The Hall–Kier alpha value is -2.35. The summed E-state index contributed by atoms with van der Waals surface area (Å²) in [4.78, 5) is 4.54. The number of benzene rings is 2. The first kappa shape index (κ1) is 15.5. The second-order valence-electron chi connectivity index (χ2n) is 6.17. The van der Waals surface area contributed by atoms with Crippen molar-refractivity contribution in [3.05, 3.63) is 101 Å². The lowest BCUT2D eigenvalue weighted by atomic mass is 9.58. The van der Waals surface area contributed by atoms with Gasteiger partial charge in [0.15, 0.2) is 0 Å². The van der Waals surface area contributed by atoms with Crippen molar-refractivity contribution in [1.82, 2.24) is 4.98 Å². The van der Waals surface area contributed by atoms with Crippen LogP contribution in [0, 0.1) is 0 Å². The van der Waals surface area contributed by atoms with Crippen LogP contribution >= 0.6 is 0 Å². The lowest BCUT2D eigenvalue weighted by Crippen LogP contribution is -2.30. The van der Waals surface area contributed by atoms with E-state index in [-0.39, 0.29) is 0 Å². The molecule has 1 unspecified atom stereocenters. The maximum atomic E-state index is 6.93. The highest BCUT2D eigenvalue weighted by atomic mass is 14.7. The molecule has 0 saturated carbocycles. The number of aromatic nitrogens is 1. The normalized spacial score (nSPS) is 13.7. The zero-order chi connectivity index (χ0) is 16.3. The molecule has 0 bridgehead atoms. The number of hydrogen-bond acceptors (Lipinski definition) is 1. The first-order valence-corrected chi connectivity index (χ1v) is 7.98. The first-order chi connectivity index (χ1) is 11.1. The van der Waals surface area contributed by atoms with E-state index in [0.717, 1.165) is 16.8 Å². The second kappa shape index (κ2) is 6.41. The monoisotopic (exact) mass is 297 g/mol. The Morgan fingerprint density at radius 3 is 1.96 bits per heavy atom. The van der Waals surface area contributed by atoms with E-state index in [9.17, 15) is 0 Å². The number of pyridine rings is 1. The van der Waals surface area contributed by atoms with Gasteiger partial charge in [-0.25, -0.2) is 0 Å². The van der Waals surface area contributed by atoms with Gasteiger partial charge in [0.1, 0.15) is 0 Å². The molecule has 1 heterocycles. The molecule has 0 spiro atoms. The van der Waals surface area contributed by atoms with Crippen LogP contribution in [0.15, 0.2) is 79.0 Å². The molecule has 2 heteroatoms. The van der Waals surface area contributed by atoms with Crippen molar-refractivity contribution in [2.24, 2.45) is 0 Å². The van der Waals surface area contributed by atoms with Crippen molar-refractivity contribution in [2.45, 2.75) is 25.1 Å². The SMILES string of the molecule is [B]C(c1ccccc1)(c1ccc(C(C)C)cc1)c1ccccn1. The van der Waals surface area contributed by atoms with Crippen LogP contribution in [-0.4, -0.2) is 12.8 Å². The molecule has 3 aromatic rings. The fourth-order valence-electron chi connectivity index (χ4n) is 2.89. The summed E-state index contributed by atoms with van der Waals surface area (Å²) in [7, 11) is 6.93. The minimum atomic E-state index is -0.752. The average Bonchev–Trinajstić information content (AvgIpc) is 2.62. The number of rotatable bonds is 4. The summed E-state index contributed by atoms with van der Waals surface area (Å²) in [5, 5.41) is -0.752. The van der Waals surface area contributed by atoms with Gasteiger partial charge in [-0.3, -0.25) is 4.98 Å². The summed E-state index contributed by atoms with van der Waals surface area (Å²) in [5.74, 6) is 0.503. The molecule has 3 rings (SSSR count). The Morgan fingerprint density at radius 1 is 0.783 bits per heavy atom. The van der Waals surface area contributed by atoms with E-state index in [2.05, 4.69) is 55.2 Å². The van der Waals surface area contributed by atoms with Crippen molar-refractivity contribution in [3.8, 4) is 0 Å². The highest BCUT2D eigenvalue weighted by molar-refractivity contribution is 6.20. The van der Waals surface area contributed by atoms with Gasteiger partial charge < -0.3 is 0 Å². The summed E-state index contributed by atoms with van der Waals surface area (Å²) >= 11 is 0. The minimum Gasteiger partial charge on any atom is -0.261 e. The third-order valence-electron chi connectivity index (χ3n) is 4.33. The molecule has 0 aliphatic rings. The van der Waals surface area contributed by atoms with E-state index in [0.29, 0.717) is 5.92 Å². The van der Waals surface area contributed by atoms with Crippen molar-refractivity contribution < 1.29 is 0 Å². The molecule has 1 aromatic heterocycles. The summed E-state index contributed by atoms with van der Waals surface area (Å²) in [6.07, 6.45) is 1.79. The van der Waals surface area contributed by atoms with Crippen LogP contribution in [0.25, 0.3) is 0 Å². The Labute approximate surface area is 139 Å². The third-order valence-corrected chi connectivity index (χ3v) is 4.33. The molecule has 0 N–H and O–H groups in total. The number of hydrogen-bond donors (Lipinski definition) is 0. The van der Waals surface area contributed by atoms with Crippen LogP contribution in [0.3, 0.4) is 0 Å². The molecule has 0 aliphatic carbocycles. The maximum Gasteiger partial charge on any atom is 0.0962 e. The predicted molar refractivity (Wildman–Crippen MR) is 96.8 cm³/mol. The summed E-state index contributed by atoms with van der Waals surface area (Å²) in [6, 6.07) is 24.6. The Morgan fingerprint density at radius 2 is 1.39 bits per heavy atom. The quantitative estimate of drug-likeness (QED) is 0.638. The van der Waals surface area contributed by atoms with Gasteiger partial charge in [-0.1, -0.05) is 74.5 Å². The molecule has 1 nitrogen and oxygen atoms in total. The molecule has 0 saturated heterocycles. The van der Waals surface area contributed by atoms with E-state index in [1.54, 1.807) is 6.20 Å². The van der Waals surface area contributed by atoms with Gasteiger partial charge in [0.25, 0.3) is 0 Å². The lowest BCUT2D eigenvalue weighted by Gasteiger charge is -2.31. The van der Waals surface area contributed by atoms with Crippen molar-refractivity contribution >= 4 is 7.85 Å². The molecule has 0 aliphatic heterocycles. The fourth-order valence-corrected chi connectivity index (χ4v) is 2.89. The number of nitrogens with zero attached hydrogens (tertiary/aromatic N) is 1. The molecular formula is C21H20BN. The molecule has 0 amide bonds. The van der Waals surface area contributed by atoms with E-state index >= 15 is 0 Å². The van der Waals surface area contributed by atoms with Gasteiger partial charge in [-0.2, -0.15) is 0 Å². The van der Waals surface area contributed by atoms with Crippen molar-refractivity contribution in [2.75, 3.05) is 0 Å². The van der Waals surface area contributed by atoms with Crippen molar-refractivity contribution in [1.29, 1.82) is 0 Å². The smallest absolute Gasteiger partial charge is 0.0962 e. The highest BCUT2D eigenvalue weighted by Crippen LogP contribution is 2.35. The largest absolute Gasteiger partial charge is 0.261 e. The second-order valence-corrected chi connectivity index (χ2v) is 6.17. The zero-order valence-corrected chi connectivity index (χ0v) is 13.6. The van der Waals surface area contributed by atoms with Crippen LogP contribution in [0.1, 0.15) is 42.1 Å². The predicted octanol–water partition coefficient (Wildman–Crippen LogP) is 4.67. The Kier molecular flexibility index (Phi) is 4.34. The Balaban J connectivity index is 2.16. The minimum absolute atomic E-state index is 0.503. The van der Waals surface area contributed by atoms with Crippen molar-refractivity contribution in [3.63, 3.8) is 0 Å². The van der Waals surface area contributed by atoms with E-state index in [1.807, 2.05) is 36.4 Å². The topological polar surface area (TPSA) is 12.9 Å². The summed E-state index contributed by atoms with van der Waals surface area (Å²) in [5.41, 5.74) is 4.25. The molecule has 0 fully saturated rings. The van der Waals surface area contributed by atoms with Gasteiger partial charge in [0, 0.05) is 17.2 Å². The van der Waals surface area contributed by atoms with E-state index in [4.69, 9.17) is 7.85 Å². The fraction of sp³-hybridized carbons (Fsp3) is 0.190. The van der Waals surface area contributed by atoms with E-state index < -0.39 is 5.31 Å². The Bertz CT molecular complexity index is 709.